The third-order valence-electron chi connectivity index (χ3n) is 2.47. The maximum Gasteiger partial charge on any atom is 0.0368 e. The zero-order valence-electron chi connectivity index (χ0n) is 11.5. The third-order valence-corrected chi connectivity index (χ3v) is 2.47. The minimum atomic E-state index is 0.436. The molecular weight excluding hydrogens is 182 g/mol. The summed E-state index contributed by atoms with van der Waals surface area (Å²) in [4.78, 5) is 0. The van der Waals surface area contributed by atoms with Crippen LogP contribution in [0.5, 0.6) is 0 Å². The summed E-state index contributed by atoms with van der Waals surface area (Å²) in [5, 5.41) is 3.45. The summed E-state index contributed by atoms with van der Waals surface area (Å²) < 4.78 is 0. The first-order valence-electron chi connectivity index (χ1n) is 6.12. The van der Waals surface area contributed by atoms with Crippen LogP contribution in [-0.2, 0) is 0 Å². The molecule has 0 atom stereocenters. The Morgan fingerprint density at radius 3 is 1.73 bits per heavy atom. The molecule has 0 heterocycles. The van der Waals surface area contributed by atoms with E-state index in [1.807, 2.05) is 6.92 Å². The molecule has 0 aromatic rings. The van der Waals surface area contributed by atoms with Crippen LogP contribution in [0.1, 0.15) is 67.2 Å². The van der Waals surface area contributed by atoms with E-state index in [4.69, 9.17) is 0 Å². The Labute approximate surface area is 96.3 Å². The van der Waals surface area contributed by atoms with E-state index in [0.717, 1.165) is 5.70 Å². The van der Waals surface area contributed by atoms with Gasteiger partial charge in [-0.05, 0) is 38.0 Å². The van der Waals surface area contributed by atoms with Crippen molar-refractivity contribution in [3.63, 3.8) is 0 Å². The molecule has 15 heavy (non-hydrogen) atoms. The number of hydrogen-bond acceptors (Lipinski definition) is 1. The molecule has 1 heteroatoms. The molecule has 1 aliphatic rings. The molecular formula is C14H29N. The van der Waals surface area contributed by atoms with Gasteiger partial charge in [-0.1, -0.05) is 41.2 Å². The molecule has 0 spiro atoms. The third kappa shape index (κ3) is 7.47. The van der Waals surface area contributed by atoms with Gasteiger partial charge in [0.25, 0.3) is 0 Å². The van der Waals surface area contributed by atoms with Crippen molar-refractivity contribution in [2.24, 2.45) is 5.41 Å². The summed E-state index contributed by atoms with van der Waals surface area (Å²) in [5.74, 6) is 0. The lowest BCUT2D eigenvalue weighted by Crippen LogP contribution is -2.49. The smallest absolute Gasteiger partial charge is 0.0368 e. The predicted octanol–water partition coefficient (Wildman–Crippen LogP) is 4.49. The van der Waals surface area contributed by atoms with Gasteiger partial charge in [-0.2, -0.15) is 0 Å². The van der Waals surface area contributed by atoms with Crippen LogP contribution in [0.25, 0.3) is 0 Å². The Kier molecular flexibility index (Phi) is 5.41. The summed E-state index contributed by atoms with van der Waals surface area (Å²) in [6, 6.07) is 0. The molecule has 0 bridgehead atoms. The van der Waals surface area contributed by atoms with E-state index >= 15 is 0 Å². The van der Waals surface area contributed by atoms with Crippen LogP contribution in [0, 0.1) is 5.41 Å². The monoisotopic (exact) mass is 211 g/mol. The first-order valence-corrected chi connectivity index (χ1v) is 6.12. The lowest BCUT2D eigenvalue weighted by atomic mass is 9.75. The molecule has 0 aliphatic heterocycles. The average molecular weight is 211 g/mol. The van der Waals surface area contributed by atoms with E-state index in [-0.39, 0.29) is 0 Å². The summed E-state index contributed by atoms with van der Waals surface area (Å²) in [6.45, 7) is 16.9. The van der Waals surface area contributed by atoms with Crippen molar-refractivity contribution in [3.05, 3.63) is 12.3 Å². The number of nitrogens with one attached hydrogen (secondary N) is 1. The Hall–Kier alpha value is -0.460. The van der Waals surface area contributed by atoms with Gasteiger partial charge >= 0.3 is 0 Å². The van der Waals surface area contributed by atoms with Gasteiger partial charge < -0.3 is 5.32 Å². The van der Waals surface area contributed by atoms with Gasteiger partial charge in [0.15, 0.2) is 0 Å². The fraction of sp³-hybridized carbons (Fsp3) is 0.857. The summed E-state index contributed by atoms with van der Waals surface area (Å²) in [7, 11) is 0. The van der Waals surface area contributed by atoms with Crippen LogP contribution in [0.4, 0.5) is 0 Å². The molecule has 1 N–H and O–H groups in total. The number of allylic oxidation sites excluding steroid dienone is 1. The quantitative estimate of drug-likeness (QED) is 0.725. The first-order chi connectivity index (χ1) is 6.68. The van der Waals surface area contributed by atoms with Gasteiger partial charge in [0, 0.05) is 11.2 Å². The molecule has 1 rings (SSSR count). The summed E-state index contributed by atoms with van der Waals surface area (Å²) >= 11 is 0. The van der Waals surface area contributed by atoms with Crippen molar-refractivity contribution in [2.45, 2.75) is 72.8 Å². The molecule has 0 radical (unpaired) electrons. The van der Waals surface area contributed by atoms with Crippen LogP contribution in [0.2, 0.25) is 0 Å². The Bertz CT molecular complexity index is 182. The maximum absolute atomic E-state index is 3.86. The van der Waals surface area contributed by atoms with Crippen molar-refractivity contribution < 1.29 is 0 Å². The zero-order valence-corrected chi connectivity index (χ0v) is 11.5. The first kappa shape index (κ1) is 14.5. The molecule has 90 valence electrons. The molecule has 0 amide bonds. The second-order valence-corrected chi connectivity index (χ2v) is 6.39. The molecule has 1 fully saturated rings. The van der Waals surface area contributed by atoms with Crippen LogP contribution < -0.4 is 5.32 Å². The molecule has 1 aliphatic carbocycles. The van der Waals surface area contributed by atoms with Crippen LogP contribution >= 0.6 is 0 Å². The lowest BCUT2D eigenvalue weighted by molar-refractivity contribution is 0.195. The van der Waals surface area contributed by atoms with E-state index in [0.29, 0.717) is 11.0 Å². The zero-order chi connectivity index (χ0) is 12.1. The van der Waals surface area contributed by atoms with Crippen molar-refractivity contribution in [2.75, 3.05) is 0 Å². The van der Waals surface area contributed by atoms with Crippen molar-refractivity contribution >= 4 is 0 Å². The van der Waals surface area contributed by atoms with Crippen molar-refractivity contribution in [1.29, 1.82) is 0 Å². The maximum atomic E-state index is 3.86. The highest BCUT2D eigenvalue weighted by Crippen LogP contribution is 2.35. The molecule has 1 saturated carbocycles. The largest absolute Gasteiger partial charge is 0.384 e. The van der Waals surface area contributed by atoms with Gasteiger partial charge in [0.1, 0.15) is 0 Å². The van der Waals surface area contributed by atoms with E-state index in [2.05, 4.69) is 46.5 Å². The van der Waals surface area contributed by atoms with E-state index < -0.39 is 0 Å². The molecule has 0 saturated heterocycles. The highest BCUT2D eigenvalue weighted by Gasteiger charge is 2.34. The standard InChI is InChI=1S/C9H17N.C5H12/c1-4-9(6-5-7-9)10-8(2)3;1-5(2,3)4/h10H,2,4-7H2,1,3H3;1-4H3. The average Bonchev–Trinajstić information content (AvgIpc) is 1.93. The normalized spacial score (nSPS) is 18.3. The Morgan fingerprint density at radius 2 is 1.67 bits per heavy atom. The molecule has 0 aromatic heterocycles. The minimum absolute atomic E-state index is 0.436. The van der Waals surface area contributed by atoms with Crippen LogP contribution in [0.3, 0.4) is 0 Å². The predicted molar refractivity (Wildman–Crippen MR) is 70.0 cm³/mol. The van der Waals surface area contributed by atoms with Gasteiger partial charge in [-0.25, -0.2) is 0 Å². The second kappa shape index (κ2) is 5.58. The summed E-state index contributed by atoms with van der Waals surface area (Å²) in [5.41, 5.74) is 2.05. The van der Waals surface area contributed by atoms with E-state index in [1.165, 1.54) is 25.7 Å². The molecule has 0 aromatic carbocycles. The topological polar surface area (TPSA) is 12.0 Å². The van der Waals surface area contributed by atoms with Crippen LogP contribution in [0.15, 0.2) is 12.3 Å². The SMILES string of the molecule is C=C(C)NC1(CC)CCC1.CC(C)(C)C. The van der Waals surface area contributed by atoms with Gasteiger partial charge in [0.05, 0.1) is 0 Å². The Balaban J connectivity index is 0.000000336. The van der Waals surface area contributed by atoms with Gasteiger partial charge in [0.2, 0.25) is 0 Å². The van der Waals surface area contributed by atoms with Crippen molar-refractivity contribution in [3.8, 4) is 0 Å². The fourth-order valence-electron chi connectivity index (χ4n) is 1.62. The van der Waals surface area contributed by atoms with E-state index in [1.54, 1.807) is 0 Å². The minimum Gasteiger partial charge on any atom is -0.384 e. The molecule has 0 unspecified atom stereocenters. The fourth-order valence-corrected chi connectivity index (χ4v) is 1.62. The van der Waals surface area contributed by atoms with Crippen LogP contribution in [-0.4, -0.2) is 5.54 Å². The second-order valence-electron chi connectivity index (χ2n) is 6.39. The van der Waals surface area contributed by atoms with Crippen molar-refractivity contribution in [1.82, 2.24) is 5.32 Å². The summed E-state index contributed by atoms with van der Waals surface area (Å²) in [6.07, 6.45) is 5.28. The molecule has 1 nitrogen and oxygen atoms in total. The number of rotatable bonds is 3. The van der Waals surface area contributed by atoms with E-state index in [9.17, 15) is 0 Å². The van der Waals surface area contributed by atoms with Gasteiger partial charge in [-0.15, -0.1) is 0 Å². The lowest BCUT2D eigenvalue weighted by Gasteiger charge is -2.43. The Morgan fingerprint density at radius 1 is 1.27 bits per heavy atom. The highest BCUT2D eigenvalue weighted by atomic mass is 15.0. The number of hydrogen-bond donors (Lipinski definition) is 1. The highest BCUT2D eigenvalue weighted by molar-refractivity contribution is 5.02. The van der Waals surface area contributed by atoms with Gasteiger partial charge in [-0.3, -0.25) is 0 Å².